The lowest BCUT2D eigenvalue weighted by molar-refractivity contribution is -0.274. The summed E-state index contributed by atoms with van der Waals surface area (Å²) in [6.07, 6.45) is -2.48. The fourth-order valence-corrected chi connectivity index (χ4v) is 5.34. The minimum atomic E-state index is -4.75. The lowest BCUT2D eigenvalue weighted by atomic mass is 10.1. The van der Waals surface area contributed by atoms with Gasteiger partial charge in [-0.15, -0.1) is 18.3 Å². The zero-order valence-electron chi connectivity index (χ0n) is 22.6. The first-order valence-corrected chi connectivity index (χ1v) is 14.3. The topological polar surface area (TPSA) is 84.6 Å². The molecule has 0 spiro atoms. The van der Waals surface area contributed by atoms with Gasteiger partial charge in [0.25, 0.3) is 0 Å². The van der Waals surface area contributed by atoms with Crippen LogP contribution in [0.1, 0.15) is 23.6 Å². The van der Waals surface area contributed by atoms with E-state index in [4.69, 9.17) is 12.2 Å². The molecular formula is C29H25F3N6O2S2. The Morgan fingerprint density at radius 1 is 1.12 bits per heavy atom. The highest BCUT2D eigenvalue weighted by Gasteiger charge is 2.32. The van der Waals surface area contributed by atoms with Crippen molar-refractivity contribution < 1.29 is 22.7 Å². The number of hydrogen-bond donors (Lipinski definition) is 1. The summed E-state index contributed by atoms with van der Waals surface area (Å²) in [5.74, 6) is 0.423. The summed E-state index contributed by atoms with van der Waals surface area (Å²) in [4.78, 5) is 23.2. The fourth-order valence-electron chi connectivity index (χ4n) is 4.26. The molecule has 1 saturated heterocycles. The molecule has 1 aromatic heterocycles. The second-order valence-electron chi connectivity index (χ2n) is 9.31. The molecule has 0 atom stereocenters. The summed E-state index contributed by atoms with van der Waals surface area (Å²) < 4.78 is 42.6. The van der Waals surface area contributed by atoms with E-state index in [1.54, 1.807) is 4.90 Å². The van der Waals surface area contributed by atoms with Gasteiger partial charge in [-0.1, -0.05) is 55.1 Å². The molecule has 4 aromatic rings. The second-order valence-corrected chi connectivity index (χ2v) is 10.6. The van der Waals surface area contributed by atoms with Crippen molar-refractivity contribution in [2.45, 2.75) is 33.2 Å². The van der Waals surface area contributed by atoms with Crippen LogP contribution < -0.4 is 15.0 Å². The predicted octanol–water partition coefficient (Wildman–Crippen LogP) is 6.21. The van der Waals surface area contributed by atoms with Crippen LogP contribution in [0.4, 0.5) is 18.9 Å². The number of rotatable bonds is 7. The van der Waals surface area contributed by atoms with E-state index in [1.165, 1.54) is 47.0 Å². The number of alkyl halides is 3. The molecule has 42 heavy (non-hydrogen) atoms. The highest BCUT2D eigenvalue weighted by Crippen LogP contribution is 2.31. The number of hydrogen-bond acceptors (Lipinski definition) is 6. The summed E-state index contributed by atoms with van der Waals surface area (Å²) in [7, 11) is 0. The highest BCUT2D eigenvalue weighted by atomic mass is 32.2. The maximum atomic E-state index is 12.7. The molecule has 2 heterocycles. The Morgan fingerprint density at radius 2 is 1.86 bits per heavy atom. The number of aliphatic imine (C=N–C) groups is 1. The van der Waals surface area contributed by atoms with Crippen LogP contribution in [-0.4, -0.2) is 43.1 Å². The first kappa shape index (κ1) is 29.3. The first-order chi connectivity index (χ1) is 20.1. The number of amides is 1. The van der Waals surface area contributed by atoms with Crippen molar-refractivity contribution in [2.24, 2.45) is 4.99 Å². The first-order valence-electron chi connectivity index (χ1n) is 12.9. The number of nitrogens with one attached hydrogen (secondary N) is 1. The van der Waals surface area contributed by atoms with Gasteiger partial charge >= 0.3 is 6.36 Å². The number of thioether (sulfide) groups is 1. The lowest BCUT2D eigenvalue weighted by Crippen LogP contribution is -2.32. The number of nitrogens with zero attached hydrogens (tertiary/aromatic N) is 5. The average molecular weight is 611 g/mol. The van der Waals surface area contributed by atoms with E-state index in [9.17, 15) is 18.0 Å². The molecule has 1 amide bonds. The largest absolute Gasteiger partial charge is 0.573 e. The summed E-state index contributed by atoms with van der Waals surface area (Å²) in [6.45, 7) is 4.47. The molecule has 0 saturated carbocycles. The quantitative estimate of drug-likeness (QED) is 0.249. The molecule has 0 bridgehead atoms. The number of aryl methyl sites for hydroxylation is 2. The molecule has 8 nitrogen and oxygen atoms in total. The van der Waals surface area contributed by atoms with Crippen molar-refractivity contribution in [2.75, 3.05) is 10.7 Å². The number of anilines is 1. The number of amidine groups is 1. The minimum absolute atomic E-state index is 0.0269. The molecule has 13 heteroatoms. The molecular weight excluding hydrogens is 585 g/mol. The van der Waals surface area contributed by atoms with Gasteiger partial charge in [-0.3, -0.25) is 9.69 Å². The number of ether oxygens (including phenoxy) is 1. The maximum absolute atomic E-state index is 12.7. The van der Waals surface area contributed by atoms with Crippen LogP contribution in [0.5, 0.6) is 5.75 Å². The third-order valence-electron chi connectivity index (χ3n) is 6.31. The molecule has 0 radical (unpaired) electrons. The molecule has 1 aliphatic rings. The Labute approximate surface area is 249 Å². The Bertz CT molecular complexity index is 1640. The smallest absolute Gasteiger partial charge is 0.406 e. The van der Waals surface area contributed by atoms with Gasteiger partial charge in [0.15, 0.2) is 16.1 Å². The van der Waals surface area contributed by atoms with E-state index in [2.05, 4.69) is 32.1 Å². The molecule has 3 aromatic carbocycles. The number of carbonyl (C=O) groups is 1. The molecule has 0 aliphatic carbocycles. The number of aromatic nitrogens is 3. The number of halogens is 3. The third kappa shape index (κ3) is 6.97. The van der Waals surface area contributed by atoms with E-state index in [-0.39, 0.29) is 16.8 Å². The van der Waals surface area contributed by atoms with Crippen LogP contribution in [0.2, 0.25) is 0 Å². The van der Waals surface area contributed by atoms with Gasteiger partial charge in [0.1, 0.15) is 12.1 Å². The lowest BCUT2D eigenvalue weighted by Gasteiger charge is -2.20. The van der Waals surface area contributed by atoms with Gasteiger partial charge in [0, 0.05) is 12.1 Å². The van der Waals surface area contributed by atoms with Gasteiger partial charge in [0.2, 0.25) is 5.91 Å². The number of thiocarbonyl (C=S) groups is 1. The molecule has 5 rings (SSSR count). The Hall–Kier alpha value is -4.23. The van der Waals surface area contributed by atoms with Crippen LogP contribution in [0.3, 0.4) is 0 Å². The Balaban J connectivity index is 1.21. The van der Waals surface area contributed by atoms with Gasteiger partial charge in [-0.05, 0) is 72.6 Å². The fraction of sp³-hybridized carbons (Fsp3) is 0.207. The Kier molecular flexibility index (Phi) is 8.59. The van der Waals surface area contributed by atoms with Crippen LogP contribution in [0, 0.1) is 6.92 Å². The summed E-state index contributed by atoms with van der Waals surface area (Å²) in [5.41, 5.74) is 5.21. The van der Waals surface area contributed by atoms with Gasteiger partial charge in [-0.2, -0.15) is 4.99 Å². The summed E-state index contributed by atoms with van der Waals surface area (Å²) in [6, 6.07) is 19.0. The third-order valence-corrected chi connectivity index (χ3v) is 7.47. The molecule has 1 fully saturated rings. The van der Waals surface area contributed by atoms with E-state index in [0.29, 0.717) is 29.0 Å². The van der Waals surface area contributed by atoms with Crippen molar-refractivity contribution in [3.8, 4) is 22.8 Å². The van der Waals surface area contributed by atoms with Crippen molar-refractivity contribution >= 4 is 45.9 Å². The van der Waals surface area contributed by atoms with Crippen LogP contribution in [0.15, 0.2) is 78.0 Å². The highest BCUT2D eigenvalue weighted by molar-refractivity contribution is 8.15. The van der Waals surface area contributed by atoms with Crippen molar-refractivity contribution in [3.63, 3.8) is 0 Å². The zero-order valence-corrected chi connectivity index (χ0v) is 24.2. The molecule has 0 unspecified atom stereocenters. The number of carbonyl (C=O) groups excluding carboxylic acids is 1. The summed E-state index contributed by atoms with van der Waals surface area (Å²) >= 11 is 6.83. The molecule has 1 N–H and O–H groups in total. The van der Waals surface area contributed by atoms with E-state index >= 15 is 0 Å². The number of benzene rings is 3. The maximum Gasteiger partial charge on any atom is 0.573 e. The molecule has 1 aliphatic heterocycles. The normalized spacial score (nSPS) is 14.5. The van der Waals surface area contributed by atoms with E-state index < -0.39 is 6.36 Å². The van der Waals surface area contributed by atoms with Crippen LogP contribution >= 0.6 is 24.0 Å². The van der Waals surface area contributed by atoms with Gasteiger partial charge in [-0.25, -0.2) is 9.67 Å². The van der Waals surface area contributed by atoms with Gasteiger partial charge < -0.3 is 10.1 Å². The second kappa shape index (κ2) is 12.3. The minimum Gasteiger partial charge on any atom is -0.406 e. The summed E-state index contributed by atoms with van der Waals surface area (Å²) in [5, 5.41) is 8.39. The average Bonchev–Trinajstić information content (AvgIpc) is 3.59. The standard InChI is InChI=1S/C29H25F3N6O2S2/c1-3-20-7-4-18(2)14-24(20)38-25(39)16-42-28(38)35-27(41)33-15-19-5-8-21(9-6-19)26-34-17-37(36-26)22-10-12-23(13-11-22)40-29(30,31)32/h4-14,17H,3,15-16H2,1-2H3,(H,33,41). The van der Waals surface area contributed by atoms with Crippen LogP contribution in [0.25, 0.3) is 17.1 Å². The van der Waals surface area contributed by atoms with Crippen LogP contribution in [-0.2, 0) is 17.8 Å². The van der Waals surface area contributed by atoms with E-state index in [0.717, 1.165) is 34.4 Å². The molecule has 216 valence electrons. The van der Waals surface area contributed by atoms with E-state index in [1.807, 2.05) is 49.4 Å². The Morgan fingerprint density at radius 3 is 2.55 bits per heavy atom. The monoisotopic (exact) mass is 610 g/mol. The van der Waals surface area contributed by atoms with Crippen molar-refractivity contribution in [3.05, 3.63) is 89.7 Å². The van der Waals surface area contributed by atoms with Crippen molar-refractivity contribution in [1.82, 2.24) is 20.1 Å². The van der Waals surface area contributed by atoms with Crippen molar-refractivity contribution in [1.29, 1.82) is 0 Å². The predicted molar refractivity (Wildman–Crippen MR) is 161 cm³/mol. The SMILES string of the molecule is CCc1ccc(C)cc1N1C(=O)CSC1=NC(=S)NCc1ccc(-c2ncn(-c3ccc(OC(F)(F)F)cc3)n2)cc1. The van der Waals surface area contributed by atoms with Gasteiger partial charge in [0.05, 0.1) is 17.1 Å². The zero-order chi connectivity index (χ0) is 29.9.